The highest BCUT2D eigenvalue weighted by Gasteiger charge is 2.28. The molecule has 0 unspecified atom stereocenters. The molecule has 6 heteroatoms. The summed E-state index contributed by atoms with van der Waals surface area (Å²) >= 11 is 0. The van der Waals surface area contributed by atoms with Crippen molar-refractivity contribution in [2.45, 2.75) is 227 Å². The van der Waals surface area contributed by atoms with Gasteiger partial charge in [-0.1, -0.05) is 162 Å². The molecule has 0 heterocycles. The first kappa shape index (κ1) is 49.9. The first-order valence-corrected chi connectivity index (χ1v) is 22.5. The summed E-state index contributed by atoms with van der Waals surface area (Å²) in [4.78, 5) is 27.5. The largest absolute Gasteiger partial charge is 0.466 e. The lowest BCUT2D eigenvalue weighted by atomic mass is 9.87. The zero-order chi connectivity index (χ0) is 37.7. The Hall–Kier alpha value is -1.14. The summed E-state index contributed by atoms with van der Waals surface area (Å²) in [7, 11) is 0. The van der Waals surface area contributed by atoms with Gasteiger partial charge in [0.1, 0.15) is 0 Å². The average Bonchev–Trinajstić information content (AvgIpc) is 3.12. The third kappa shape index (κ3) is 33.2. The molecule has 0 aromatic carbocycles. The van der Waals surface area contributed by atoms with Crippen molar-refractivity contribution in [2.24, 2.45) is 11.3 Å². The predicted octanol–water partition coefficient (Wildman–Crippen LogP) is 12.8. The van der Waals surface area contributed by atoms with Gasteiger partial charge in [-0.15, -0.1) is 0 Å². The quantitative estimate of drug-likeness (QED) is 0.0501. The van der Waals surface area contributed by atoms with E-state index in [9.17, 15) is 14.7 Å². The molecule has 0 spiro atoms. The van der Waals surface area contributed by atoms with Crippen molar-refractivity contribution in [1.29, 1.82) is 0 Å². The fourth-order valence-corrected chi connectivity index (χ4v) is 7.11. The van der Waals surface area contributed by atoms with Crippen LogP contribution in [0.3, 0.4) is 0 Å². The average molecular weight is 724 g/mol. The Kier molecular flexibility index (Phi) is 36.4. The number of nitrogens with zero attached hydrogens (tertiary/aromatic N) is 1. The molecule has 0 bridgehead atoms. The van der Waals surface area contributed by atoms with Crippen LogP contribution in [-0.4, -0.2) is 61.4 Å². The number of carbonyl (C=O) groups excluding carboxylic acids is 2. The van der Waals surface area contributed by atoms with Gasteiger partial charge in [0.05, 0.1) is 18.6 Å². The molecule has 0 saturated heterocycles. The van der Waals surface area contributed by atoms with Crippen LogP contribution in [0.5, 0.6) is 0 Å². The second-order valence-corrected chi connectivity index (χ2v) is 16.3. The maximum absolute atomic E-state index is 12.6. The van der Waals surface area contributed by atoms with E-state index in [1.807, 2.05) is 13.8 Å². The van der Waals surface area contributed by atoms with Crippen molar-refractivity contribution in [1.82, 2.24) is 4.90 Å². The molecule has 0 aromatic heterocycles. The number of hydrogen-bond acceptors (Lipinski definition) is 6. The summed E-state index contributed by atoms with van der Waals surface area (Å²) in [6.45, 7) is 15.4. The number of carbonyl (C=O) groups is 2. The number of unbranched alkanes of at least 4 members (excludes halogenated alkanes) is 19. The lowest BCUT2D eigenvalue weighted by Gasteiger charge is -2.23. The minimum absolute atomic E-state index is 0.0109. The Balaban J connectivity index is 4.04. The Morgan fingerprint density at radius 3 is 1.57 bits per heavy atom. The zero-order valence-electron chi connectivity index (χ0n) is 35.1. The number of aliphatic hydroxyl groups excluding tert-OH is 1. The first-order valence-electron chi connectivity index (χ1n) is 22.5. The molecule has 0 aliphatic carbocycles. The fourth-order valence-electron chi connectivity index (χ4n) is 7.11. The van der Waals surface area contributed by atoms with Gasteiger partial charge in [0.25, 0.3) is 0 Å². The van der Waals surface area contributed by atoms with Crippen molar-refractivity contribution >= 4 is 11.9 Å². The van der Waals surface area contributed by atoms with Gasteiger partial charge in [-0.25, -0.2) is 0 Å². The number of hydrogen-bond donors (Lipinski definition) is 1. The molecule has 0 aromatic rings. The van der Waals surface area contributed by atoms with Crippen LogP contribution in [0.15, 0.2) is 0 Å². The molecule has 0 atom stereocenters. The summed E-state index contributed by atoms with van der Waals surface area (Å²) in [5, 5.41) is 9.40. The standard InChI is InChI=1S/C45H89NO5/c1-6-9-12-15-16-22-29-40-51-44(49)45(4,5)35-26-19-21-28-37-46(38-30-39-47)36-27-20-17-18-25-33-43(48)50-41-34-42(31-23-13-10-7-2)32-24-14-11-8-3/h42,47H,6-41H2,1-5H3. The molecule has 0 saturated carbocycles. The minimum atomic E-state index is -0.404. The second-order valence-electron chi connectivity index (χ2n) is 16.3. The van der Waals surface area contributed by atoms with Crippen LogP contribution < -0.4 is 0 Å². The maximum Gasteiger partial charge on any atom is 0.311 e. The molecule has 304 valence electrons. The van der Waals surface area contributed by atoms with E-state index in [0.29, 0.717) is 25.6 Å². The van der Waals surface area contributed by atoms with Crippen LogP contribution in [0.25, 0.3) is 0 Å². The highest BCUT2D eigenvalue weighted by atomic mass is 16.5. The molecule has 0 aliphatic rings. The van der Waals surface area contributed by atoms with E-state index in [-0.39, 0.29) is 18.5 Å². The van der Waals surface area contributed by atoms with Crippen LogP contribution in [0.4, 0.5) is 0 Å². The number of rotatable bonds is 40. The van der Waals surface area contributed by atoms with Crippen LogP contribution in [0, 0.1) is 11.3 Å². The molecular formula is C45H89NO5. The lowest BCUT2D eigenvalue weighted by Crippen LogP contribution is -2.28. The van der Waals surface area contributed by atoms with Crippen molar-refractivity contribution < 1.29 is 24.2 Å². The molecule has 0 rings (SSSR count). The van der Waals surface area contributed by atoms with Crippen LogP contribution >= 0.6 is 0 Å². The minimum Gasteiger partial charge on any atom is -0.466 e. The Bertz CT molecular complexity index is 745. The summed E-state index contributed by atoms with van der Waals surface area (Å²) in [5.74, 6) is 0.662. The van der Waals surface area contributed by atoms with E-state index in [1.165, 1.54) is 116 Å². The smallest absolute Gasteiger partial charge is 0.311 e. The normalized spacial score (nSPS) is 11.9. The van der Waals surface area contributed by atoms with Crippen molar-refractivity contribution in [3.05, 3.63) is 0 Å². The molecule has 51 heavy (non-hydrogen) atoms. The monoisotopic (exact) mass is 724 g/mol. The van der Waals surface area contributed by atoms with E-state index in [0.717, 1.165) is 90.3 Å². The maximum atomic E-state index is 12.6. The predicted molar refractivity (Wildman–Crippen MR) is 218 cm³/mol. The number of aliphatic hydroxyl groups is 1. The van der Waals surface area contributed by atoms with E-state index < -0.39 is 5.41 Å². The molecule has 0 radical (unpaired) electrons. The van der Waals surface area contributed by atoms with Crippen LogP contribution in [-0.2, 0) is 19.1 Å². The van der Waals surface area contributed by atoms with Gasteiger partial charge in [0.2, 0.25) is 0 Å². The van der Waals surface area contributed by atoms with Crippen LogP contribution in [0.1, 0.15) is 227 Å². The topological polar surface area (TPSA) is 76.1 Å². The van der Waals surface area contributed by atoms with Gasteiger partial charge in [0, 0.05) is 19.6 Å². The van der Waals surface area contributed by atoms with Gasteiger partial charge in [0.15, 0.2) is 0 Å². The van der Waals surface area contributed by atoms with Crippen molar-refractivity contribution in [3.63, 3.8) is 0 Å². The summed E-state index contributed by atoms with van der Waals surface area (Å²) in [6.07, 6.45) is 35.1. The highest BCUT2D eigenvalue weighted by molar-refractivity contribution is 5.75. The number of esters is 2. The molecule has 0 aliphatic heterocycles. The van der Waals surface area contributed by atoms with Crippen molar-refractivity contribution in [3.8, 4) is 0 Å². The molecule has 6 nitrogen and oxygen atoms in total. The lowest BCUT2D eigenvalue weighted by molar-refractivity contribution is -0.154. The molecule has 0 fully saturated rings. The highest BCUT2D eigenvalue weighted by Crippen LogP contribution is 2.26. The van der Waals surface area contributed by atoms with E-state index in [2.05, 4.69) is 25.7 Å². The van der Waals surface area contributed by atoms with Gasteiger partial charge >= 0.3 is 11.9 Å². The third-order valence-electron chi connectivity index (χ3n) is 10.8. The van der Waals surface area contributed by atoms with Gasteiger partial charge in [-0.3, -0.25) is 9.59 Å². The Labute approximate surface area is 318 Å². The van der Waals surface area contributed by atoms with E-state index in [4.69, 9.17) is 9.47 Å². The number of ether oxygens (including phenoxy) is 2. The molecule has 1 N–H and O–H groups in total. The Morgan fingerprint density at radius 1 is 0.529 bits per heavy atom. The zero-order valence-corrected chi connectivity index (χ0v) is 35.1. The third-order valence-corrected chi connectivity index (χ3v) is 10.8. The SMILES string of the molecule is CCCCCCCCCOC(=O)C(C)(C)CCCCCCN(CCCO)CCCCCCCC(=O)OCCC(CCCCCC)CCCCCC. The second kappa shape index (κ2) is 37.2. The Morgan fingerprint density at radius 2 is 1.00 bits per heavy atom. The summed E-state index contributed by atoms with van der Waals surface area (Å²) in [6, 6.07) is 0. The molecule has 0 amide bonds. The molecular weight excluding hydrogens is 634 g/mol. The van der Waals surface area contributed by atoms with Gasteiger partial charge < -0.3 is 19.5 Å². The van der Waals surface area contributed by atoms with Gasteiger partial charge in [-0.2, -0.15) is 0 Å². The summed E-state index contributed by atoms with van der Waals surface area (Å²) in [5.41, 5.74) is -0.404. The fraction of sp³-hybridized carbons (Fsp3) is 0.956. The van der Waals surface area contributed by atoms with Crippen LogP contribution in [0.2, 0.25) is 0 Å². The van der Waals surface area contributed by atoms with E-state index >= 15 is 0 Å². The van der Waals surface area contributed by atoms with Crippen molar-refractivity contribution in [2.75, 3.05) is 39.5 Å². The van der Waals surface area contributed by atoms with E-state index in [1.54, 1.807) is 0 Å². The van der Waals surface area contributed by atoms with Gasteiger partial charge in [-0.05, 0) is 77.8 Å². The summed E-state index contributed by atoms with van der Waals surface area (Å²) < 4.78 is 11.3. The first-order chi connectivity index (χ1) is 24.8.